The van der Waals surface area contributed by atoms with Crippen molar-refractivity contribution in [2.24, 2.45) is 4.99 Å². The predicted octanol–water partition coefficient (Wildman–Crippen LogP) is 2.04. The van der Waals surface area contributed by atoms with Crippen LogP contribution in [0.3, 0.4) is 0 Å². The first-order chi connectivity index (χ1) is 12.1. The van der Waals surface area contributed by atoms with Gasteiger partial charge in [-0.25, -0.2) is 0 Å². The summed E-state index contributed by atoms with van der Waals surface area (Å²) in [6, 6.07) is 7.26. The molecule has 2 rings (SSSR count). The maximum absolute atomic E-state index is 12.3. The molecule has 0 radical (unpaired) electrons. The highest BCUT2D eigenvalue weighted by molar-refractivity contribution is 8.15. The van der Waals surface area contributed by atoms with Gasteiger partial charge in [0.2, 0.25) is 11.8 Å². The number of amides is 2. The van der Waals surface area contributed by atoms with Crippen molar-refractivity contribution in [1.82, 2.24) is 5.32 Å². The molecule has 0 saturated carbocycles. The molecular formula is C17H23N3O4S. The van der Waals surface area contributed by atoms with E-state index in [4.69, 9.17) is 9.47 Å². The van der Waals surface area contributed by atoms with Gasteiger partial charge >= 0.3 is 0 Å². The molecule has 1 heterocycles. The van der Waals surface area contributed by atoms with Crippen molar-refractivity contribution >= 4 is 34.4 Å². The summed E-state index contributed by atoms with van der Waals surface area (Å²) < 4.78 is 10.5. The Balaban J connectivity index is 1.90. The topological polar surface area (TPSA) is 89.0 Å². The zero-order valence-corrected chi connectivity index (χ0v) is 15.2. The number of amidine groups is 1. The Morgan fingerprint density at radius 1 is 1.36 bits per heavy atom. The molecule has 1 aromatic rings. The molecule has 7 nitrogen and oxygen atoms in total. The van der Waals surface area contributed by atoms with Crippen molar-refractivity contribution in [2.75, 3.05) is 32.2 Å². The van der Waals surface area contributed by atoms with Crippen LogP contribution in [0, 0.1) is 0 Å². The van der Waals surface area contributed by atoms with E-state index in [0.717, 1.165) is 6.42 Å². The van der Waals surface area contributed by atoms with Crippen LogP contribution < -0.4 is 15.4 Å². The molecule has 1 aliphatic rings. The van der Waals surface area contributed by atoms with Gasteiger partial charge in [-0.1, -0.05) is 30.8 Å². The molecule has 0 spiro atoms. The second kappa shape index (κ2) is 10.0. The number of carbonyl (C=O) groups excluding carboxylic acids is 2. The quantitative estimate of drug-likeness (QED) is 0.654. The van der Waals surface area contributed by atoms with Gasteiger partial charge in [0.1, 0.15) is 11.0 Å². The van der Waals surface area contributed by atoms with Crippen molar-refractivity contribution in [2.45, 2.75) is 25.0 Å². The smallest absolute Gasteiger partial charge is 0.240 e. The summed E-state index contributed by atoms with van der Waals surface area (Å²) in [6.45, 7) is 3.55. The standard InChI is InChI=1S/C17H23N3O4S/c1-3-9-24-13-7-5-4-6-12(13)19-15(21)11-14-16(22)20-17(25-14)18-8-10-23-2/h4-7,14H,3,8-11H2,1-2H3,(H,19,21)(H,18,20,22)/t14-/m1/s1. The number of methoxy groups -OCH3 is 1. The second-order valence-corrected chi connectivity index (χ2v) is 6.56. The Hall–Kier alpha value is -2.06. The normalized spacial score (nSPS) is 18.2. The molecule has 1 aliphatic heterocycles. The van der Waals surface area contributed by atoms with E-state index in [1.165, 1.54) is 11.8 Å². The van der Waals surface area contributed by atoms with Gasteiger partial charge in [-0.2, -0.15) is 0 Å². The summed E-state index contributed by atoms with van der Waals surface area (Å²) >= 11 is 1.27. The van der Waals surface area contributed by atoms with Crippen LogP contribution in [0.5, 0.6) is 5.75 Å². The van der Waals surface area contributed by atoms with Gasteiger partial charge in [0.25, 0.3) is 0 Å². The molecule has 0 unspecified atom stereocenters. The second-order valence-electron chi connectivity index (χ2n) is 5.37. The fraction of sp³-hybridized carbons (Fsp3) is 0.471. The van der Waals surface area contributed by atoms with Crippen LogP contribution in [0.4, 0.5) is 5.69 Å². The summed E-state index contributed by atoms with van der Waals surface area (Å²) in [6.07, 6.45) is 0.953. The van der Waals surface area contributed by atoms with Crippen LogP contribution in [-0.4, -0.2) is 49.1 Å². The summed E-state index contributed by atoms with van der Waals surface area (Å²) in [5, 5.41) is 5.55. The van der Waals surface area contributed by atoms with E-state index in [9.17, 15) is 9.59 Å². The van der Waals surface area contributed by atoms with Crippen LogP contribution in [0.2, 0.25) is 0 Å². The van der Waals surface area contributed by atoms with E-state index in [1.807, 2.05) is 25.1 Å². The van der Waals surface area contributed by atoms with Gasteiger partial charge in [-0.15, -0.1) is 0 Å². The maximum atomic E-state index is 12.3. The van der Waals surface area contributed by atoms with Crippen LogP contribution in [0.1, 0.15) is 19.8 Å². The number of anilines is 1. The highest BCUT2D eigenvalue weighted by Crippen LogP contribution is 2.26. The number of thioether (sulfide) groups is 1. The van der Waals surface area contributed by atoms with E-state index < -0.39 is 5.25 Å². The molecule has 0 bridgehead atoms. The maximum Gasteiger partial charge on any atom is 0.240 e. The van der Waals surface area contributed by atoms with E-state index in [2.05, 4.69) is 15.6 Å². The number of rotatable bonds is 9. The van der Waals surface area contributed by atoms with E-state index in [1.54, 1.807) is 13.2 Å². The first-order valence-corrected chi connectivity index (χ1v) is 9.04. The Labute approximate surface area is 151 Å². The molecule has 0 aliphatic carbocycles. The third kappa shape index (κ3) is 6.06. The lowest BCUT2D eigenvalue weighted by atomic mass is 10.2. The molecule has 1 saturated heterocycles. The highest BCUT2D eigenvalue weighted by atomic mass is 32.2. The molecule has 2 N–H and O–H groups in total. The molecule has 136 valence electrons. The Morgan fingerprint density at radius 2 is 2.16 bits per heavy atom. The van der Waals surface area contributed by atoms with Crippen molar-refractivity contribution in [3.8, 4) is 5.75 Å². The zero-order valence-electron chi connectivity index (χ0n) is 14.4. The Bertz CT molecular complexity index is 636. The third-order valence-electron chi connectivity index (χ3n) is 3.32. The minimum Gasteiger partial charge on any atom is -0.491 e. The van der Waals surface area contributed by atoms with Crippen molar-refractivity contribution in [3.63, 3.8) is 0 Å². The van der Waals surface area contributed by atoms with E-state index >= 15 is 0 Å². The van der Waals surface area contributed by atoms with Crippen molar-refractivity contribution in [1.29, 1.82) is 0 Å². The molecule has 1 fully saturated rings. The Kier molecular flexibility index (Phi) is 7.75. The van der Waals surface area contributed by atoms with Gasteiger partial charge < -0.3 is 20.1 Å². The van der Waals surface area contributed by atoms with Crippen LogP contribution >= 0.6 is 11.8 Å². The molecular weight excluding hydrogens is 342 g/mol. The molecule has 0 aromatic heterocycles. The number of benzene rings is 1. The van der Waals surface area contributed by atoms with Crippen LogP contribution in [0.15, 0.2) is 29.3 Å². The summed E-state index contributed by atoms with van der Waals surface area (Å²) in [5.41, 5.74) is 0.610. The predicted molar refractivity (Wildman–Crippen MR) is 99.2 cm³/mol. The molecule has 1 atom stereocenters. The summed E-state index contributed by atoms with van der Waals surface area (Å²) in [5.74, 6) is 0.188. The summed E-state index contributed by atoms with van der Waals surface area (Å²) in [4.78, 5) is 28.5. The average molecular weight is 365 g/mol. The lowest BCUT2D eigenvalue weighted by molar-refractivity contribution is -0.122. The molecule has 8 heteroatoms. The summed E-state index contributed by atoms with van der Waals surface area (Å²) in [7, 11) is 1.59. The number of hydrogen-bond donors (Lipinski definition) is 2. The van der Waals surface area contributed by atoms with Crippen LogP contribution in [-0.2, 0) is 14.3 Å². The number of nitrogens with one attached hydrogen (secondary N) is 2. The third-order valence-corrected chi connectivity index (χ3v) is 4.44. The van der Waals surface area contributed by atoms with Crippen molar-refractivity contribution in [3.05, 3.63) is 24.3 Å². The van der Waals surface area contributed by atoms with Gasteiger partial charge in [0.15, 0.2) is 5.17 Å². The SMILES string of the molecule is CCCOc1ccccc1NC(=O)C[C@H]1SC(=NCCOC)NC1=O. The highest BCUT2D eigenvalue weighted by Gasteiger charge is 2.32. The number of nitrogens with zero attached hydrogens (tertiary/aromatic N) is 1. The van der Waals surface area contributed by atoms with Crippen molar-refractivity contribution < 1.29 is 19.1 Å². The zero-order chi connectivity index (χ0) is 18.1. The molecule has 2 amide bonds. The number of aliphatic imine (C=N–C) groups is 1. The fourth-order valence-corrected chi connectivity index (χ4v) is 3.13. The largest absolute Gasteiger partial charge is 0.491 e. The number of hydrogen-bond acceptors (Lipinski definition) is 6. The lowest BCUT2D eigenvalue weighted by Crippen LogP contribution is -2.28. The van der Waals surface area contributed by atoms with Gasteiger partial charge in [0.05, 0.1) is 25.4 Å². The molecule has 1 aromatic carbocycles. The van der Waals surface area contributed by atoms with E-state index in [-0.39, 0.29) is 18.2 Å². The minimum atomic E-state index is -0.481. The molecule has 25 heavy (non-hydrogen) atoms. The minimum absolute atomic E-state index is 0.0713. The average Bonchev–Trinajstić information content (AvgIpc) is 2.94. The van der Waals surface area contributed by atoms with Gasteiger partial charge in [-0.3, -0.25) is 14.6 Å². The lowest BCUT2D eigenvalue weighted by Gasteiger charge is -2.12. The van der Waals surface area contributed by atoms with Gasteiger partial charge in [-0.05, 0) is 18.6 Å². The number of ether oxygens (including phenoxy) is 2. The monoisotopic (exact) mass is 365 g/mol. The Morgan fingerprint density at radius 3 is 2.92 bits per heavy atom. The first-order valence-electron chi connectivity index (χ1n) is 8.16. The van der Waals surface area contributed by atoms with E-state index in [0.29, 0.717) is 36.4 Å². The fourth-order valence-electron chi connectivity index (χ4n) is 2.13. The van der Waals surface area contributed by atoms with Crippen LogP contribution in [0.25, 0.3) is 0 Å². The van der Waals surface area contributed by atoms with Gasteiger partial charge in [0, 0.05) is 13.5 Å². The number of para-hydroxylation sites is 2. The number of carbonyl (C=O) groups is 2. The first kappa shape index (κ1) is 19.3.